The van der Waals surface area contributed by atoms with Crippen molar-refractivity contribution in [3.05, 3.63) is 23.8 Å². The van der Waals surface area contributed by atoms with Gasteiger partial charge in [0.2, 0.25) is 0 Å². The van der Waals surface area contributed by atoms with Crippen LogP contribution in [0.3, 0.4) is 0 Å². The van der Waals surface area contributed by atoms with Crippen LogP contribution in [0, 0.1) is 5.92 Å². The molecule has 0 N–H and O–H groups in total. The first-order valence-corrected chi connectivity index (χ1v) is 7.37. The van der Waals surface area contributed by atoms with Gasteiger partial charge in [-0.2, -0.15) is 0 Å². The molecule has 1 aromatic rings. The molecule has 0 aliphatic carbocycles. The summed E-state index contributed by atoms with van der Waals surface area (Å²) in [6.45, 7) is 3.01. The first-order valence-electron chi connectivity index (χ1n) is 6.46. The van der Waals surface area contributed by atoms with E-state index in [1.54, 1.807) is 0 Å². The SMILES string of the molecule is BrC(c1ccc2c(c1)OCCO2)C1CCCOC1. The highest BCUT2D eigenvalue weighted by atomic mass is 79.9. The molecule has 2 heterocycles. The fraction of sp³-hybridized carbons (Fsp3) is 0.571. The van der Waals surface area contributed by atoms with Crippen molar-refractivity contribution >= 4 is 15.9 Å². The van der Waals surface area contributed by atoms with Crippen molar-refractivity contribution in [2.24, 2.45) is 5.92 Å². The number of hydrogen-bond donors (Lipinski definition) is 0. The Kier molecular flexibility index (Phi) is 3.75. The van der Waals surface area contributed by atoms with E-state index in [1.807, 2.05) is 6.07 Å². The summed E-state index contributed by atoms with van der Waals surface area (Å²) in [5, 5.41) is 0. The second-order valence-electron chi connectivity index (χ2n) is 4.78. The minimum absolute atomic E-state index is 0.327. The van der Waals surface area contributed by atoms with Gasteiger partial charge < -0.3 is 14.2 Å². The first kappa shape index (κ1) is 12.3. The number of fused-ring (bicyclic) bond motifs is 1. The van der Waals surface area contributed by atoms with Crippen LogP contribution < -0.4 is 9.47 Å². The van der Waals surface area contributed by atoms with Crippen molar-refractivity contribution in [3.8, 4) is 11.5 Å². The molecule has 0 radical (unpaired) electrons. The highest BCUT2D eigenvalue weighted by Crippen LogP contribution is 2.40. The Hall–Kier alpha value is -0.740. The Morgan fingerprint density at radius 3 is 2.72 bits per heavy atom. The molecule has 18 heavy (non-hydrogen) atoms. The zero-order chi connectivity index (χ0) is 12.4. The molecule has 0 amide bonds. The molecule has 1 fully saturated rings. The van der Waals surface area contributed by atoms with Crippen LogP contribution in [0.15, 0.2) is 18.2 Å². The van der Waals surface area contributed by atoms with Crippen LogP contribution in [0.25, 0.3) is 0 Å². The fourth-order valence-corrected chi connectivity index (χ4v) is 3.20. The maximum atomic E-state index is 5.62. The van der Waals surface area contributed by atoms with Crippen LogP contribution in [0.2, 0.25) is 0 Å². The van der Waals surface area contributed by atoms with Gasteiger partial charge >= 0.3 is 0 Å². The van der Waals surface area contributed by atoms with E-state index in [0.29, 0.717) is 24.0 Å². The maximum Gasteiger partial charge on any atom is 0.161 e. The Morgan fingerprint density at radius 2 is 1.94 bits per heavy atom. The Morgan fingerprint density at radius 1 is 1.11 bits per heavy atom. The monoisotopic (exact) mass is 312 g/mol. The summed E-state index contributed by atoms with van der Waals surface area (Å²) in [6, 6.07) is 6.20. The van der Waals surface area contributed by atoms with E-state index in [0.717, 1.165) is 31.1 Å². The quantitative estimate of drug-likeness (QED) is 0.784. The molecule has 2 unspecified atom stereocenters. The molecule has 4 heteroatoms. The average molecular weight is 313 g/mol. The normalized spacial score (nSPS) is 24.6. The molecule has 0 aromatic heterocycles. The predicted octanol–water partition coefficient (Wildman–Crippen LogP) is 3.32. The highest BCUT2D eigenvalue weighted by molar-refractivity contribution is 9.09. The smallest absolute Gasteiger partial charge is 0.161 e. The molecule has 0 spiro atoms. The van der Waals surface area contributed by atoms with Gasteiger partial charge in [0.15, 0.2) is 11.5 Å². The second kappa shape index (κ2) is 5.49. The third kappa shape index (κ3) is 2.50. The zero-order valence-electron chi connectivity index (χ0n) is 10.2. The molecule has 98 valence electrons. The van der Waals surface area contributed by atoms with Crippen molar-refractivity contribution in [3.63, 3.8) is 0 Å². The van der Waals surface area contributed by atoms with Gasteiger partial charge in [-0.25, -0.2) is 0 Å². The number of halogens is 1. The van der Waals surface area contributed by atoms with E-state index in [9.17, 15) is 0 Å². The van der Waals surface area contributed by atoms with Crippen LogP contribution in [0.5, 0.6) is 11.5 Å². The molecule has 0 saturated carbocycles. The topological polar surface area (TPSA) is 27.7 Å². The summed E-state index contributed by atoms with van der Waals surface area (Å²) >= 11 is 3.80. The summed E-state index contributed by atoms with van der Waals surface area (Å²) in [6.07, 6.45) is 2.36. The van der Waals surface area contributed by atoms with Crippen LogP contribution in [0.1, 0.15) is 23.2 Å². The van der Waals surface area contributed by atoms with Gasteiger partial charge in [0.25, 0.3) is 0 Å². The molecular weight excluding hydrogens is 296 g/mol. The third-order valence-electron chi connectivity index (χ3n) is 3.49. The lowest BCUT2D eigenvalue weighted by Gasteiger charge is -2.27. The lowest BCUT2D eigenvalue weighted by Crippen LogP contribution is -2.21. The lowest BCUT2D eigenvalue weighted by molar-refractivity contribution is 0.0545. The Bertz CT molecular complexity index is 416. The van der Waals surface area contributed by atoms with Crippen molar-refractivity contribution < 1.29 is 14.2 Å². The highest BCUT2D eigenvalue weighted by Gasteiger charge is 2.24. The first-order chi connectivity index (χ1) is 8.84. The third-order valence-corrected chi connectivity index (χ3v) is 4.77. The summed E-state index contributed by atoms with van der Waals surface area (Å²) in [5.74, 6) is 2.26. The largest absolute Gasteiger partial charge is 0.486 e. The summed E-state index contributed by atoms with van der Waals surface area (Å²) in [4.78, 5) is 0.327. The lowest BCUT2D eigenvalue weighted by atomic mass is 9.94. The Labute approximate surface area is 116 Å². The maximum absolute atomic E-state index is 5.62. The van der Waals surface area contributed by atoms with Crippen LogP contribution in [-0.2, 0) is 4.74 Å². The molecule has 2 aliphatic rings. The molecular formula is C14H17BrO3. The number of benzene rings is 1. The van der Waals surface area contributed by atoms with Gasteiger partial charge in [0, 0.05) is 11.4 Å². The van der Waals surface area contributed by atoms with Crippen molar-refractivity contribution in [2.45, 2.75) is 17.7 Å². The number of rotatable bonds is 2. The molecule has 3 rings (SSSR count). The molecule has 2 aliphatic heterocycles. The van der Waals surface area contributed by atoms with Gasteiger partial charge in [-0.3, -0.25) is 0 Å². The predicted molar refractivity (Wildman–Crippen MR) is 72.6 cm³/mol. The van der Waals surface area contributed by atoms with E-state index in [1.165, 1.54) is 12.0 Å². The molecule has 2 atom stereocenters. The number of hydrogen-bond acceptors (Lipinski definition) is 3. The van der Waals surface area contributed by atoms with E-state index in [-0.39, 0.29) is 0 Å². The average Bonchev–Trinajstić information content (AvgIpc) is 2.47. The zero-order valence-corrected chi connectivity index (χ0v) is 11.8. The minimum Gasteiger partial charge on any atom is -0.486 e. The van der Waals surface area contributed by atoms with Gasteiger partial charge in [0.1, 0.15) is 13.2 Å². The van der Waals surface area contributed by atoms with Crippen molar-refractivity contribution in [1.82, 2.24) is 0 Å². The van der Waals surface area contributed by atoms with Crippen LogP contribution >= 0.6 is 15.9 Å². The van der Waals surface area contributed by atoms with Gasteiger partial charge in [-0.15, -0.1) is 0 Å². The van der Waals surface area contributed by atoms with Gasteiger partial charge in [-0.1, -0.05) is 22.0 Å². The van der Waals surface area contributed by atoms with Gasteiger partial charge in [-0.05, 0) is 36.5 Å². The van der Waals surface area contributed by atoms with Crippen molar-refractivity contribution in [1.29, 1.82) is 0 Å². The number of ether oxygens (including phenoxy) is 3. The second-order valence-corrected chi connectivity index (χ2v) is 5.77. The van der Waals surface area contributed by atoms with E-state index < -0.39 is 0 Å². The molecule has 1 saturated heterocycles. The number of alkyl halides is 1. The molecule has 0 bridgehead atoms. The van der Waals surface area contributed by atoms with E-state index in [4.69, 9.17) is 14.2 Å². The Balaban J connectivity index is 1.78. The van der Waals surface area contributed by atoms with E-state index >= 15 is 0 Å². The minimum atomic E-state index is 0.327. The van der Waals surface area contributed by atoms with E-state index in [2.05, 4.69) is 28.1 Å². The van der Waals surface area contributed by atoms with Crippen LogP contribution in [-0.4, -0.2) is 26.4 Å². The van der Waals surface area contributed by atoms with Crippen molar-refractivity contribution in [2.75, 3.05) is 26.4 Å². The molecule has 3 nitrogen and oxygen atoms in total. The summed E-state index contributed by atoms with van der Waals surface area (Å²) in [7, 11) is 0. The summed E-state index contributed by atoms with van der Waals surface area (Å²) < 4.78 is 16.7. The van der Waals surface area contributed by atoms with Crippen LogP contribution in [0.4, 0.5) is 0 Å². The molecule has 1 aromatic carbocycles. The summed E-state index contributed by atoms with van der Waals surface area (Å²) in [5.41, 5.74) is 1.25. The fourth-order valence-electron chi connectivity index (χ4n) is 2.50. The van der Waals surface area contributed by atoms with Gasteiger partial charge in [0.05, 0.1) is 6.61 Å². The standard InChI is InChI=1S/C14H17BrO3/c15-14(11-2-1-5-16-9-11)10-3-4-12-13(8-10)18-7-6-17-12/h3-4,8,11,14H,1-2,5-7,9H2.